The van der Waals surface area contributed by atoms with Crippen molar-refractivity contribution in [2.75, 3.05) is 6.54 Å². The highest BCUT2D eigenvalue weighted by molar-refractivity contribution is 5.75. The van der Waals surface area contributed by atoms with Crippen LogP contribution in [0.3, 0.4) is 0 Å². The number of rotatable bonds is 5. The fourth-order valence-electron chi connectivity index (χ4n) is 1.09. The van der Waals surface area contributed by atoms with Crippen molar-refractivity contribution >= 4 is 5.78 Å². The predicted molar refractivity (Wildman–Crippen MR) is 53.4 cm³/mol. The zero-order valence-corrected chi connectivity index (χ0v) is 7.92. The number of carbonyl (C=O) groups excluding carboxylic acids is 1. The molecule has 2 heteroatoms. The van der Waals surface area contributed by atoms with Crippen molar-refractivity contribution in [3.63, 3.8) is 0 Å². The highest BCUT2D eigenvalue weighted by atomic mass is 16.1. The van der Waals surface area contributed by atoms with Gasteiger partial charge in [0, 0.05) is 19.5 Å². The minimum absolute atomic E-state index is 0.237. The predicted octanol–water partition coefficient (Wildman–Crippen LogP) is 1.76. The molecule has 0 bridgehead atoms. The Labute approximate surface area is 79.0 Å². The van der Waals surface area contributed by atoms with Gasteiger partial charge >= 0.3 is 0 Å². The van der Waals surface area contributed by atoms with Crippen LogP contribution in [-0.4, -0.2) is 12.3 Å². The van der Waals surface area contributed by atoms with Crippen LogP contribution in [0, 0.1) is 0 Å². The minimum Gasteiger partial charge on any atom is -0.312 e. The van der Waals surface area contributed by atoms with E-state index in [0.717, 1.165) is 13.1 Å². The second-order valence-corrected chi connectivity index (χ2v) is 3.11. The Bertz CT molecular complexity index is 256. The summed E-state index contributed by atoms with van der Waals surface area (Å²) in [5, 5.41) is 3.21. The van der Waals surface area contributed by atoms with Gasteiger partial charge in [0.25, 0.3) is 0 Å². The lowest BCUT2D eigenvalue weighted by atomic mass is 10.2. The van der Waals surface area contributed by atoms with Crippen molar-refractivity contribution < 1.29 is 4.79 Å². The molecule has 0 spiro atoms. The molecule has 0 aromatic heterocycles. The summed E-state index contributed by atoms with van der Waals surface area (Å²) in [6.07, 6.45) is 0.618. The highest BCUT2D eigenvalue weighted by Gasteiger charge is 1.93. The number of hydrogen-bond acceptors (Lipinski definition) is 2. The van der Waals surface area contributed by atoms with Gasteiger partial charge in [-0.3, -0.25) is 4.79 Å². The summed E-state index contributed by atoms with van der Waals surface area (Å²) >= 11 is 0. The Morgan fingerprint density at radius 3 is 2.62 bits per heavy atom. The molecule has 1 aromatic rings. The maximum atomic E-state index is 10.6. The van der Waals surface area contributed by atoms with Crippen molar-refractivity contribution in [2.24, 2.45) is 0 Å². The Kier molecular flexibility index (Phi) is 4.19. The average Bonchev–Trinajstić information content (AvgIpc) is 2.14. The van der Waals surface area contributed by atoms with Gasteiger partial charge < -0.3 is 5.32 Å². The van der Waals surface area contributed by atoms with Gasteiger partial charge in [0.1, 0.15) is 5.78 Å². The van der Waals surface area contributed by atoms with Crippen LogP contribution in [0.5, 0.6) is 0 Å². The molecule has 0 fully saturated rings. The summed E-state index contributed by atoms with van der Waals surface area (Å²) in [6, 6.07) is 10.2. The van der Waals surface area contributed by atoms with E-state index in [1.807, 2.05) is 18.2 Å². The van der Waals surface area contributed by atoms with Gasteiger partial charge in [0.05, 0.1) is 0 Å². The van der Waals surface area contributed by atoms with E-state index in [2.05, 4.69) is 17.4 Å². The first-order chi connectivity index (χ1) is 6.29. The third kappa shape index (κ3) is 4.43. The standard InChI is InChI=1S/C11H15NO/c1-10(13)7-8-12-9-11-5-3-2-4-6-11/h2-6,12H,7-9H2,1H3. The summed E-state index contributed by atoms with van der Waals surface area (Å²) in [4.78, 5) is 10.6. The lowest BCUT2D eigenvalue weighted by Gasteiger charge is -2.02. The summed E-state index contributed by atoms with van der Waals surface area (Å²) in [5.41, 5.74) is 1.26. The smallest absolute Gasteiger partial charge is 0.131 e. The second-order valence-electron chi connectivity index (χ2n) is 3.11. The monoisotopic (exact) mass is 177 g/mol. The molecule has 1 rings (SSSR count). The van der Waals surface area contributed by atoms with Gasteiger partial charge in [-0.25, -0.2) is 0 Å². The molecule has 0 aliphatic rings. The fraction of sp³-hybridized carbons (Fsp3) is 0.364. The molecule has 2 nitrogen and oxygen atoms in total. The first-order valence-electron chi connectivity index (χ1n) is 4.53. The number of ketones is 1. The van der Waals surface area contributed by atoms with E-state index in [9.17, 15) is 4.79 Å². The van der Waals surface area contributed by atoms with Crippen molar-refractivity contribution in [2.45, 2.75) is 19.9 Å². The third-order valence-corrected chi connectivity index (χ3v) is 1.83. The zero-order valence-electron chi connectivity index (χ0n) is 7.92. The number of carbonyl (C=O) groups is 1. The van der Waals surface area contributed by atoms with E-state index < -0.39 is 0 Å². The van der Waals surface area contributed by atoms with Crippen LogP contribution in [-0.2, 0) is 11.3 Å². The molecule has 1 aromatic carbocycles. The Hall–Kier alpha value is -1.15. The molecule has 1 N–H and O–H groups in total. The first-order valence-corrected chi connectivity index (χ1v) is 4.53. The maximum absolute atomic E-state index is 10.6. The summed E-state index contributed by atoms with van der Waals surface area (Å²) < 4.78 is 0. The number of Topliss-reactive ketones (excluding diaryl/α,β-unsaturated/α-hetero) is 1. The molecule has 0 saturated carbocycles. The number of nitrogens with one attached hydrogen (secondary N) is 1. The van der Waals surface area contributed by atoms with Gasteiger partial charge in [0.15, 0.2) is 0 Å². The van der Waals surface area contributed by atoms with Gasteiger partial charge in [-0.15, -0.1) is 0 Å². The van der Waals surface area contributed by atoms with Crippen LogP contribution in [0.2, 0.25) is 0 Å². The van der Waals surface area contributed by atoms with E-state index in [-0.39, 0.29) is 5.78 Å². The zero-order chi connectivity index (χ0) is 9.52. The normalized spacial score (nSPS) is 9.92. The van der Waals surface area contributed by atoms with E-state index in [4.69, 9.17) is 0 Å². The highest BCUT2D eigenvalue weighted by Crippen LogP contribution is 1.96. The molecule has 0 atom stereocenters. The molecule has 0 heterocycles. The maximum Gasteiger partial charge on any atom is 0.131 e. The minimum atomic E-state index is 0.237. The van der Waals surface area contributed by atoms with Crippen LogP contribution in [0.25, 0.3) is 0 Å². The molecule has 0 aliphatic heterocycles. The van der Waals surface area contributed by atoms with Gasteiger partial charge in [-0.2, -0.15) is 0 Å². The van der Waals surface area contributed by atoms with Crippen molar-refractivity contribution in [1.29, 1.82) is 0 Å². The Balaban J connectivity index is 2.17. The molecule has 0 saturated heterocycles. The molecule has 70 valence electrons. The molecule has 0 unspecified atom stereocenters. The molecule has 0 aliphatic carbocycles. The average molecular weight is 177 g/mol. The van der Waals surface area contributed by atoms with Crippen LogP contribution < -0.4 is 5.32 Å². The van der Waals surface area contributed by atoms with Crippen LogP contribution in [0.4, 0.5) is 0 Å². The summed E-state index contributed by atoms with van der Waals surface area (Å²) in [7, 11) is 0. The lowest BCUT2D eigenvalue weighted by Crippen LogP contribution is -2.16. The van der Waals surface area contributed by atoms with Crippen molar-refractivity contribution in [3.8, 4) is 0 Å². The quantitative estimate of drug-likeness (QED) is 0.694. The fourth-order valence-corrected chi connectivity index (χ4v) is 1.09. The second kappa shape index (κ2) is 5.49. The Morgan fingerprint density at radius 1 is 1.31 bits per heavy atom. The van der Waals surface area contributed by atoms with Crippen LogP contribution in [0.1, 0.15) is 18.9 Å². The van der Waals surface area contributed by atoms with E-state index in [1.165, 1.54) is 5.56 Å². The number of benzene rings is 1. The molecule has 0 amide bonds. The van der Waals surface area contributed by atoms with Gasteiger partial charge in [-0.1, -0.05) is 30.3 Å². The van der Waals surface area contributed by atoms with E-state index >= 15 is 0 Å². The van der Waals surface area contributed by atoms with Crippen LogP contribution >= 0.6 is 0 Å². The van der Waals surface area contributed by atoms with Gasteiger partial charge in [-0.05, 0) is 12.5 Å². The molecule has 13 heavy (non-hydrogen) atoms. The third-order valence-electron chi connectivity index (χ3n) is 1.83. The lowest BCUT2D eigenvalue weighted by molar-refractivity contribution is -0.116. The van der Waals surface area contributed by atoms with Gasteiger partial charge in [0.2, 0.25) is 0 Å². The summed E-state index contributed by atoms with van der Waals surface area (Å²) in [5.74, 6) is 0.237. The molecular weight excluding hydrogens is 162 g/mol. The van der Waals surface area contributed by atoms with Crippen molar-refractivity contribution in [3.05, 3.63) is 35.9 Å². The topological polar surface area (TPSA) is 29.1 Å². The summed E-state index contributed by atoms with van der Waals surface area (Å²) in [6.45, 7) is 3.22. The van der Waals surface area contributed by atoms with Crippen molar-refractivity contribution in [1.82, 2.24) is 5.32 Å². The SMILES string of the molecule is CC(=O)CCNCc1ccccc1. The largest absolute Gasteiger partial charge is 0.312 e. The first kappa shape index (κ1) is 9.93. The number of hydrogen-bond donors (Lipinski definition) is 1. The Morgan fingerprint density at radius 2 is 2.00 bits per heavy atom. The molecule has 0 radical (unpaired) electrons. The van der Waals surface area contributed by atoms with Crippen LogP contribution in [0.15, 0.2) is 30.3 Å². The van der Waals surface area contributed by atoms with E-state index in [0.29, 0.717) is 6.42 Å². The van der Waals surface area contributed by atoms with E-state index in [1.54, 1.807) is 6.92 Å². The molecular formula is C11H15NO.